The van der Waals surface area contributed by atoms with Crippen molar-refractivity contribution in [3.05, 3.63) is 5.01 Å². The second-order valence-corrected chi connectivity index (χ2v) is 5.64. The maximum absolute atomic E-state index is 11.8. The van der Waals surface area contributed by atoms with Crippen LogP contribution < -0.4 is 5.32 Å². The average molecular weight is 269 g/mol. The molecule has 1 aliphatic heterocycles. The van der Waals surface area contributed by atoms with Crippen molar-refractivity contribution in [1.29, 1.82) is 0 Å². The van der Waals surface area contributed by atoms with Gasteiger partial charge in [-0.05, 0) is 19.3 Å². The summed E-state index contributed by atoms with van der Waals surface area (Å²) >= 11 is 1.46. The number of amides is 1. The van der Waals surface area contributed by atoms with Crippen LogP contribution in [0.25, 0.3) is 0 Å². The van der Waals surface area contributed by atoms with Crippen molar-refractivity contribution >= 4 is 22.4 Å². The molecule has 1 N–H and O–H groups in total. The van der Waals surface area contributed by atoms with Gasteiger partial charge in [-0.15, -0.1) is 10.2 Å². The van der Waals surface area contributed by atoms with Gasteiger partial charge in [-0.2, -0.15) is 0 Å². The van der Waals surface area contributed by atoms with Gasteiger partial charge < -0.3 is 4.74 Å². The summed E-state index contributed by atoms with van der Waals surface area (Å²) in [6.45, 7) is 4.96. The molecule has 2 rings (SSSR count). The van der Waals surface area contributed by atoms with Crippen LogP contribution in [0.1, 0.15) is 50.5 Å². The lowest BCUT2D eigenvalue weighted by Crippen LogP contribution is -2.26. The molecule has 1 fully saturated rings. The molecule has 1 saturated heterocycles. The van der Waals surface area contributed by atoms with Crippen molar-refractivity contribution in [3.63, 3.8) is 0 Å². The molecule has 2 heterocycles. The minimum atomic E-state index is -0.314. The maximum Gasteiger partial charge on any atom is 0.255 e. The van der Waals surface area contributed by atoms with E-state index in [-0.39, 0.29) is 12.0 Å². The van der Waals surface area contributed by atoms with Crippen LogP contribution in [0.5, 0.6) is 0 Å². The first kappa shape index (κ1) is 13.4. The fourth-order valence-electron chi connectivity index (χ4n) is 2.01. The van der Waals surface area contributed by atoms with Crippen LogP contribution in [0, 0.1) is 0 Å². The lowest BCUT2D eigenvalue weighted by molar-refractivity contribution is -0.124. The molecule has 1 aromatic heterocycles. The van der Waals surface area contributed by atoms with E-state index in [1.54, 1.807) is 0 Å². The summed E-state index contributed by atoms with van der Waals surface area (Å²) in [6.07, 6.45) is 3.65. The van der Waals surface area contributed by atoms with E-state index in [0.717, 1.165) is 30.7 Å². The molecule has 2 atom stereocenters. The Morgan fingerprint density at radius 3 is 3.11 bits per heavy atom. The quantitative estimate of drug-likeness (QED) is 0.892. The Kier molecular flexibility index (Phi) is 4.66. The molecule has 0 bridgehead atoms. The van der Waals surface area contributed by atoms with Gasteiger partial charge in [0.2, 0.25) is 5.13 Å². The van der Waals surface area contributed by atoms with Gasteiger partial charge in [-0.25, -0.2) is 0 Å². The number of carbonyl (C=O) groups is 1. The SMILES string of the molecule is CCC[C@@H](C)c1nnc(NC(=O)[C@@H]2CCCO2)s1. The summed E-state index contributed by atoms with van der Waals surface area (Å²) in [4.78, 5) is 11.8. The molecule has 100 valence electrons. The van der Waals surface area contributed by atoms with Crippen LogP contribution in [-0.2, 0) is 9.53 Å². The Morgan fingerprint density at radius 2 is 2.44 bits per heavy atom. The topological polar surface area (TPSA) is 64.1 Å². The summed E-state index contributed by atoms with van der Waals surface area (Å²) < 4.78 is 5.32. The minimum absolute atomic E-state index is 0.0988. The lowest BCUT2D eigenvalue weighted by Gasteiger charge is -2.07. The number of carbonyl (C=O) groups excluding carboxylic acids is 1. The first-order valence-corrected chi connectivity index (χ1v) is 7.28. The summed E-state index contributed by atoms with van der Waals surface area (Å²) in [5, 5.41) is 12.5. The molecule has 1 amide bonds. The van der Waals surface area contributed by atoms with Gasteiger partial charge in [0.1, 0.15) is 11.1 Å². The van der Waals surface area contributed by atoms with Gasteiger partial charge in [0.25, 0.3) is 5.91 Å². The molecule has 0 aliphatic carbocycles. The Labute approximate surface area is 111 Å². The molecule has 5 nitrogen and oxygen atoms in total. The van der Waals surface area contributed by atoms with Gasteiger partial charge >= 0.3 is 0 Å². The number of nitrogens with zero attached hydrogens (tertiary/aromatic N) is 2. The van der Waals surface area contributed by atoms with E-state index < -0.39 is 0 Å². The van der Waals surface area contributed by atoms with E-state index >= 15 is 0 Å². The monoisotopic (exact) mass is 269 g/mol. The largest absolute Gasteiger partial charge is 0.368 e. The molecule has 18 heavy (non-hydrogen) atoms. The van der Waals surface area contributed by atoms with Crippen LogP contribution >= 0.6 is 11.3 Å². The van der Waals surface area contributed by atoms with E-state index in [2.05, 4.69) is 29.4 Å². The molecule has 0 aromatic carbocycles. The predicted molar refractivity (Wildman–Crippen MR) is 70.8 cm³/mol. The second-order valence-electron chi connectivity index (χ2n) is 4.63. The van der Waals surface area contributed by atoms with Crippen molar-refractivity contribution in [2.24, 2.45) is 0 Å². The van der Waals surface area contributed by atoms with Crippen LogP contribution in [0.4, 0.5) is 5.13 Å². The zero-order valence-electron chi connectivity index (χ0n) is 10.8. The third kappa shape index (κ3) is 3.26. The highest BCUT2D eigenvalue weighted by atomic mass is 32.1. The molecular weight excluding hydrogens is 250 g/mol. The van der Waals surface area contributed by atoms with Crippen molar-refractivity contribution in [3.8, 4) is 0 Å². The van der Waals surface area contributed by atoms with E-state index in [0.29, 0.717) is 17.7 Å². The predicted octanol–water partition coefficient (Wildman–Crippen LogP) is 2.56. The van der Waals surface area contributed by atoms with Crippen LogP contribution in [0.2, 0.25) is 0 Å². The smallest absolute Gasteiger partial charge is 0.255 e. The molecule has 1 aliphatic rings. The molecule has 0 radical (unpaired) electrons. The third-order valence-electron chi connectivity index (χ3n) is 3.04. The summed E-state index contributed by atoms with van der Waals surface area (Å²) in [5.74, 6) is 0.305. The van der Waals surface area contributed by atoms with Crippen LogP contribution in [0.15, 0.2) is 0 Å². The summed E-state index contributed by atoms with van der Waals surface area (Å²) in [7, 11) is 0. The first-order chi connectivity index (χ1) is 8.70. The van der Waals surface area contributed by atoms with Gasteiger partial charge in [0.05, 0.1) is 0 Å². The van der Waals surface area contributed by atoms with E-state index in [1.807, 2.05) is 0 Å². The maximum atomic E-state index is 11.8. The molecule has 0 unspecified atom stereocenters. The Bertz CT molecular complexity index is 402. The van der Waals surface area contributed by atoms with Crippen molar-refractivity contribution in [1.82, 2.24) is 10.2 Å². The Hall–Kier alpha value is -1.01. The van der Waals surface area contributed by atoms with Gasteiger partial charge in [0.15, 0.2) is 0 Å². The van der Waals surface area contributed by atoms with Crippen LogP contribution in [-0.4, -0.2) is 28.8 Å². The fraction of sp³-hybridized carbons (Fsp3) is 0.750. The highest BCUT2D eigenvalue weighted by molar-refractivity contribution is 7.15. The van der Waals surface area contributed by atoms with Crippen molar-refractivity contribution in [2.75, 3.05) is 11.9 Å². The average Bonchev–Trinajstić information content (AvgIpc) is 2.99. The van der Waals surface area contributed by atoms with E-state index in [9.17, 15) is 4.79 Å². The highest BCUT2D eigenvalue weighted by Crippen LogP contribution is 2.26. The zero-order valence-corrected chi connectivity index (χ0v) is 11.6. The van der Waals surface area contributed by atoms with E-state index in [4.69, 9.17) is 4.74 Å². The molecule has 0 saturated carbocycles. The number of hydrogen-bond donors (Lipinski definition) is 1. The highest BCUT2D eigenvalue weighted by Gasteiger charge is 2.24. The van der Waals surface area contributed by atoms with Gasteiger partial charge in [-0.3, -0.25) is 10.1 Å². The number of nitrogens with one attached hydrogen (secondary N) is 1. The third-order valence-corrected chi connectivity index (χ3v) is 4.11. The first-order valence-electron chi connectivity index (χ1n) is 6.46. The number of ether oxygens (including phenoxy) is 1. The number of anilines is 1. The molecular formula is C12H19N3O2S. The molecule has 6 heteroatoms. The second kappa shape index (κ2) is 6.24. The Morgan fingerprint density at radius 1 is 1.61 bits per heavy atom. The lowest BCUT2D eigenvalue weighted by atomic mass is 10.1. The molecule has 1 aromatic rings. The Balaban J connectivity index is 1.91. The standard InChI is InChI=1S/C12H19N3O2S/c1-3-5-8(2)11-14-15-12(18-11)13-10(16)9-6-4-7-17-9/h8-9H,3-7H2,1-2H3,(H,13,15,16)/t8-,9+/m1/s1. The number of aromatic nitrogens is 2. The van der Waals surface area contributed by atoms with Gasteiger partial charge in [0, 0.05) is 12.5 Å². The van der Waals surface area contributed by atoms with E-state index in [1.165, 1.54) is 11.3 Å². The molecule has 0 spiro atoms. The number of hydrogen-bond acceptors (Lipinski definition) is 5. The van der Waals surface area contributed by atoms with Crippen molar-refractivity contribution in [2.45, 2.75) is 51.6 Å². The zero-order chi connectivity index (χ0) is 13.0. The normalized spacial score (nSPS) is 20.9. The van der Waals surface area contributed by atoms with Crippen LogP contribution in [0.3, 0.4) is 0 Å². The minimum Gasteiger partial charge on any atom is -0.368 e. The summed E-state index contributed by atoms with van der Waals surface area (Å²) in [6, 6.07) is 0. The number of rotatable bonds is 5. The van der Waals surface area contributed by atoms with Crippen molar-refractivity contribution < 1.29 is 9.53 Å². The van der Waals surface area contributed by atoms with Gasteiger partial charge in [-0.1, -0.05) is 31.6 Å². The summed E-state index contributed by atoms with van der Waals surface area (Å²) in [5.41, 5.74) is 0. The fourth-order valence-corrected chi connectivity index (χ4v) is 2.84.